The van der Waals surface area contributed by atoms with E-state index in [1.165, 1.54) is 44.9 Å². The maximum Gasteiger partial charge on any atom is 0.333 e. The van der Waals surface area contributed by atoms with Crippen LogP contribution >= 0.6 is 0 Å². The van der Waals surface area contributed by atoms with Crippen LogP contribution in [0.1, 0.15) is 112 Å². The van der Waals surface area contributed by atoms with Crippen LogP contribution in [0.3, 0.4) is 0 Å². The fraction of sp³-hybridized carbons (Fsp3) is 0.875. The maximum absolute atomic E-state index is 12.3. The topological polar surface area (TPSA) is 61.8 Å². The lowest BCUT2D eigenvalue weighted by molar-refractivity contribution is -0.174. The summed E-state index contributed by atoms with van der Waals surface area (Å²) in [4.78, 5) is 24.5. The zero-order chi connectivity index (χ0) is 27.0. The molecule has 5 heteroatoms. The smallest absolute Gasteiger partial charge is 0.333 e. The lowest BCUT2D eigenvalue weighted by Gasteiger charge is -2.61. The lowest BCUT2D eigenvalue weighted by Crippen LogP contribution is -2.54. The molecule has 5 nitrogen and oxygen atoms in total. The standard InChI is InChI=1S/C32H52O5/c1-8-35-22(5)36-29(33)14-9-21(4)26-12-13-27-25-11-10-23-19-24(37-30(34)20(2)3)15-17-31(23,6)28(25)16-18-32(26,27)7/h21-28H,2,8-19H2,1,3-7H3. The molecule has 0 radical (unpaired) electrons. The molecule has 10 unspecified atom stereocenters. The molecule has 0 aromatic heterocycles. The molecule has 4 aliphatic rings. The number of hydrogen-bond donors (Lipinski definition) is 0. The molecular weight excluding hydrogens is 464 g/mol. The van der Waals surface area contributed by atoms with E-state index in [-0.39, 0.29) is 18.0 Å². The van der Waals surface area contributed by atoms with Crippen molar-refractivity contribution in [3.05, 3.63) is 12.2 Å². The van der Waals surface area contributed by atoms with Crippen LogP contribution in [0.2, 0.25) is 0 Å². The van der Waals surface area contributed by atoms with Crippen LogP contribution in [0, 0.1) is 46.3 Å². The van der Waals surface area contributed by atoms with Gasteiger partial charge in [-0.2, -0.15) is 0 Å². The van der Waals surface area contributed by atoms with E-state index in [1.807, 2.05) is 6.92 Å². The van der Waals surface area contributed by atoms with Gasteiger partial charge in [0.1, 0.15) is 6.10 Å². The number of carbonyl (C=O) groups is 2. The molecule has 0 amide bonds. The van der Waals surface area contributed by atoms with Crippen molar-refractivity contribution in [3.63, 3.8) is 0 Å². The predicted octanol–water partition coefficient (Wildman–Crippen LogP) is 7.48. The molecule has 4 rings (SSSR count). The summed E-state index contributed by atoms with van der Waals surface area (Å²) in [5.74, 6) is 3.96. The Morgan fingerprint density at radius 2 is 1.68 bits per heavy atom. The summed E-state index contributed by atoms with van der Waals surface area (Å²) < 4.78 is 16.6. The van der Waals surface area contributed by atoms with E-state index in [0.29, 0.717) is 47.2 Å². The van der Waals surface area contributed by atoms with Crippen LogP contribution in [-0.2, 0) is 23.8 Å². The van der Waals surface area contributed by atoms with Crippen molar-refractivity contribution < 1.29 is 23.8 Å². The summed E-state index contributed by atoms with van der Waals surface area (Å²) in [6.45, 7) is 17.3. The Kier molecular flexibility index (Phi) is 8.83. The number of esters is 2. The zero-order valence-electron chi connectivity index (χ0n) is 24.4. The first kappa shape index (κ1) is 28.6. The van der Waals surface area contributed by atoms with Gasteiger partial charge in [0.2, 0.25) is 0 Å². The third kappa shape index (κ3) is 5.68. The van der Waals surface area contributed by atoms with Crippen LogP contribution in [0.15, 0.2) is 12.2 Å². The van der Waals surface area contributed by atoms with E-state index in [9.17, 15) is 9.59 Å². The predicted molar refractivity (Wildman–Crippen MR) is 145 cm³/mol. The van der Waals surface area contributed by atoms with Gasteiger partial charge in [0.25, 0.3) is 0 Å². The van der Waals surface area contributed by atoms with Crippen molar-refractivity contribution in [1.82, 2.24) is 0 Å². The fourth-order valence-electron chi connectivity index (χ4n) is 9.61. The number of hydrogen-bond acceptors (Lipinski definition) is 5. The average Bonchev–Trinajstić information content (AvgIpc) is 3.20. The van der Waals surface area contributed by atoms with Crippen LogP contribution in [0.4, 0.5) is 0 Å². The SMILES string of the molecule is C=C(C)C(=O)OC1CCC2(C)C(CCC3C2CCC2(C)C(C(C)CCC(=O)OC(C)OCC)CCC32)C1. The number of fused-ring (bicyclic) bond motifs is 5. The molecule has 0 aromatic carbocycles. The van der Waals surface area contributed by atoms with Crippen molar-refractivity contribution >= 4 is 11.9 Å². The summed E-state index contributed by atoms with van der Waals surface area (Å²) in [5.41, 5.74) is 1.27. The van der Waals surface area contributed by atoms with E-state index in [4.69, 9.17) is 14.2 Å². The third-order valence-electron chi connectivity index (χ3n) is 11.5. The number of ether oxygens (including phenoxy) is 3. The summed E-state index contributed by atoms with van der Waals surface area (Å²) in [5, 5.41) is 0. The van der Waals surface area contributed by atoms with Crippen molar-refractivity contribution in [1.29, 1.82) is 0 Å². The van der Waals surface area contributed by atoms with Crippen LogP contribution < -0.4 is 0 Å². The second kappa shape index (κ2) is 11.4. The molecular formula is C32H52O5. The molecule has 4 aliphatic carbocycles. The number of carbonyl (C=O) groups excluding carboxylic acids is 2. The fourth-order valence-corrected chi connectivity index (χ4v) is 9.61. The lowest BCUT2D eigenvalue weighted by atomic mass is 9.44. The summed E-state index contributed by atoms with van der Waals surface area (Å²) in [7, 11) is 0. The largest absolute Gasteiger partial charge is 0.459 e. The Balaban J connectivity index is 1.36. The average molecular weight is 517 g/mol. The molecule has 10 atom stereocenters. The van der Waals surface area contributed by atoms with E-state index in [0.717, 1.165) is 37.0 Å². The van der Waals surface area contributed by atoms with E-state index < -0.39 is 6.29 Å². The highest BCUT2D eigenvalue weighted by molar-refractivity contribution is 5.87. The van der Waals surface area contributed by atoms with Gasteiger partial charge in [-0.25, -0.2) is 4.79 Å². The van der Waals surface area contributed by atoms with Gasteiger partial charge in [-0.05, 0) is 131 Å². The minimum Gasteiger partial charge on any atom is -0.459 e. The highest BCUT2D eigenvalue weighted by Crippen LogP contribution is 2.68. The molecule has 0 N–H and O–H groups in total. The van der Waals surface area contributed by atoms with E-state index in [1.54, 1.807) is 13.8 Å². The van der Waals surface area contributed by atoms with Gasteiger partial charge in [0.05, 0.1) is 0 Å². The first-order chi connectivity index (χ1) is 17.5. The molecule has 0 aliphatic heterocycles. The van der Waals surface area contributed by atoms with Crippen molar-refractivity contribution in [2.24, 2.45) is 46.3 Å². The Hall–Kier alpha value is -1.36. The molecule has 0 heterocycles. The van der Waals surface area contributed by atoms with Gasteiger partial charge in [-0.15, -0.1) is 0 Å². The summed E-state index contributed by atoms with van der Waals surface area (Å²) in [6, 6.07) is 0. The Morgan fingerprint density at radius 3 is 2.38 bits per heavy atom. The molecule has 0 saturated heterocycles. The second-order valence-corrected chi connectivity index (χ2v) is 13.5. The first-order valence-corrected chi connectivity index (χ1v) is 15.2. The molecule has 0 aromatic rings. The quantitative estimate of drug-likeness (QED) is 0.181. The monoisotopic (exact) mass is 516 g/mol. The molecule has 37 heavy (non-hydrogen) atoms. The van der Waals surface area contributed by atoms with Gasteiger partial charge in [0, 0.05) is 18.6 Å². The van der Waals surface area contributed by atoms with Crippen LogP contribution in [0.25, 0.3) is 0 Å². The molecule has 4 saturated carbocycles. The van der Waals surface area contributed by atoms with E-state index in [2.05, 4.69) is 27.4 Å². The first-order valence-electron chi connectivity index (χ1n) is 15.2. The minimum atomic E-state index is -0.457. The molecule has 0 bridgehead atoms. The van der Waals surface area contributed by atoms with Gasteiger partial charge in [-0.3, -0.25) is 4.79 Å². The van der Waals surface area contributed by atoms with Crippen LogP contribution in [-0.4, -0.2) is 30.9 Å². The van der Waals surface area contributed by atoms with Crippen molar-refractivity contribution in [2.75, 3.05) is 6.61 Å². The third-order valence-corrected chi connectivity index (χ3v) is 11.5. The minimum absolute atomic E-state index is 0.0626. The van der Waals surface area contributed by atoms with Gasteiger partial charge in [-0.1, -0.05) is 27.4 Å². The molecule has 0 spiro atoms. The normalized spacial score (nSPS) is 40.5. The van der Waals surface area contributed by atoms with Gasteiger partial charge >= 0.3 is 11.9 Å². The Labute approximate surface area is 225 Å². The summed E-state index contributed by atoms with van der Waals surface area (Å²) in [6.07, 6.45) is 12.1. The summed E-state index contributed by atoms with van der Waals surface area (Å²) >= 11 is 0. The molecule has 4 fully saturated rings. The highest BCUT2D eigenvalue weighted by Gasteiger charge is 2.60. The zero-order valence-corrected chi connectivity index (χ0v) is 24.4. The van der Waals surface area contributed by atoms with Crippen molar-refractivity contribution in [2.45, 2.75) is 125 Å². The van der Waals surface area contributed by atoms with Gasteiger partial charge < -0.3 is 14.2 Å². The number of rotatable bonds is 9. The van der Waals surface area contributed by atoms with E-state index >= 15 is 0 Å². The maximum atomic E-state index is 12.3. The Morgan fingerprint density at radius 1 is 0.973 bits per heavy atom. The second-order valence-electron chi connectivity index (χ2n) is 13.5. The molecule has 210 valence electrons. The van der Waals surface area contributed by atoms with Crippen molar-refractivity contribution in [3.8, 4) is 0 Å². The van der Waals surface area contributed by atoms with Gasteiger partial charge in [0.15, 0.2) is 6.29 Å². The van der Waals surface area contributed by atoms with Crippen LogP contribution in [0.5, 0.6) is 0 Å². The Bertz CT molecular complexity index is 852. The highest BCUT2D eigenvalue weighted by atomic mass is 16.7.